The Morgan fingerprint density at radius 2 is 2.05 bits per heavy atom. The fourth-order valence-corrected chi connectivity index (χ4v) is 3.16. The molecule has 1 aliphatic heterocycles. The van der Waals surface area contributed by atoms with Gasteiger partial charge in [0, 0.05) is 43.2 Å². The molecule has 0 aliphatic carbocycles. The molecule has 0 spiro atoms. The van der Waals surface area contributed by atoms with Crippen LogP contribution in [0.4, 0.5) is 0 Å². The van der Waals surface area contributed by atoms with Crippen molar-refractivity contribution < 1.29 is 4.79 Å². The molecule has 7 heteroatoms. The van der Waals surface area contributed by atoms with Gasteiger partial charge in [0.05, 0.1) is 0 Å². The van der Waals surface area contributed by atoms with Crippen LogP contribution in [0.25, 0.3) is 0 Å². The van der Waals surface area contributed by atoms with Gasteiger partial charge in [-0.1, -0.05) is 11.3 Å². The van der Waals surface area contributed by atoms with E-state index in [0.717, 1.165) is 43.2 Å². The monoisotopic (exact) mass is 319 g/mol. The average molecular weight is 320 g/mol. The molecule has 0 radical (unpaired) electrons. The summed E-state index contributed by atoms with van der Waals surface area (Å²) >= 11 is 1.26. The molecule has 0 unspecified atom stereocenters. The van der Waals surface area contributed by atoms with Crippen molar-refractivity contribution in [1.82, 2.24) is 14.8 Å². The number of carbonyl (C=O) groups is 1. The quantitative estimate of drug-likeness (QED) is 0.909. The Morgan fingerprint density at radius 1 is 1.30 bits per heavy atom. The van der Waals surface area contributed by atoms with Gasteiger partial charge in [-0.15, -0.1) is 12.4 Å². The van der Waals surface area contributed by atoms with Gasteiger partial charge in [-0.3, -0.25) is 9.59 Å². The third-order valence-electron chi connectivity index (χ3n) is 3.62. The maximum absolute atomic E-state index is 12.1. The highest BCUT2D eigenvalue weighted by molar-refractivity contribution is 7.09. The summed E-state index contributed by atoms with van der Waals surface area (Å²) in [5.41, 5.74) is 0.986. The SMILES string of the molecule is Cc1sc(=O)n(CCC(=O)N2CCCNCC2)c1C.Cl. The largest absolute Gasteiger partial charge is 0.341 e. The molecule has 20 heavy (non-hydrogen) atoms. The summed E-state index contributed by atoms with van der Waals surface area (Å²) in [5, 5.41) is 3.28. The number of hydrogen-bond acceptors (Lipinski definition) is 4. The van der Waals surface area contributed by atoms with Crippen LogP contribution in [0.1, 0.15) is 23.4 Å². The van der Waals surface area contributed by atoms with Crippen molar-refractivity contribution in [2.24, 2.45) is 0 Å². The van der Waals surface area contributed by atoms with E-state index in [1.165, 1.54) is 11.3 Å². The molecule has 5 nitrogen and oxygen atoms in total. The molecular weight excluding hydrogens is 298 g/mol. The van der Waals surface area contributed by atoms with Gasteiger partial charge in [0.15, 0.2) is 0 Å². The van der Waals surface area contributed by atoms with Gasteiger partial charge in [0.25, 0.3) is 0 Å². The van der Waals surface area contributed by atoms with E-state index in [1.54, 1.807) is 4.57 Å². The summed E-state index contributed by atoms with van der Waals surface area (Å²) in [7, 11) is 0. The molecule has 0 aromatic carbocycles. The van der Waals surface area contributed by atoms with Crippen LogP contribution < -0.4 is 10.2 Å². The Morgan fingerprint density at radius 3 is 2.70 bits per heavy atom. The zero-order valence-electron chi connectivity index (χ0n) is 12.0. The molecule has 2 heterocycles. The summed E-state index contributed by atoms with van der Waals surface area (Å²) in [6.07, 6.45) is 1.42. The second-order valence-electron chi connectivity index (χ2n) is 4.90. The lowest BCUT2D eigenvalue weighted by Crippen LogP contribution is -2.35. The Bertz CT molecular complexity index is 504. The van der Waals surface area contributed by atoms with E-state index in [4.69, 9.17) is 0 Å². The standard InChI is InChI=1S/C13H21N3O2S.ClH/c1-10-11(2)19-13(18)16(10)8-4-12(17)15-7-3-5-14-6-9-15;/h14H,3-9H2,1-2H3;1H. The molecule has 0 bridgehead atoms. The Kier molecular flexibility index (Phi) is 6.71. The molecule has 1 aliphatic rings. The van der Waals surface area contributed by atoms with Gasteiger partial charge in [0.2, 0.25) is 5.91 Å². The number of amides is 1. The van der Waals surface area contributed by atoms with Gasteiger partial charge in [-0.05, 0) is 26.8 Å². The number of nitrogens with zero attached hydrogens (tertiary/aromatic N) is 2. The zero-order valence-corrected chi connectivity index (χ0v) is 13.6. The number of aromatic nitrogens is 1. The fourth-order valence-electron chi connectivity index (χ4n) is 2.31. The van der Waals surface area contributed by atoms with Crippen LogP contribution in [0.15, 0.2) is 4.79 Å². The zero-order chi connectivity index (χ0) is 13.8. The van der Waals surface area contributed by atoms with Crippen molar-refractivity contribution in [2.75, 3.05) is 26.2 Å². The highest BCUT2D eigenvalue weighted by Gasteiger charge is 2.16. The second-order valence-corrected chi connectivity index (χ2v) is 6.06. The first-order valence-corrected chi connectivity index (χ1v) is 7.56. The smallest absolute Gasteiger partial charge is 0.307 e. The summed E-state index contributed by atoms with van der Waals surface area (Å²) in [5.74, 6) is 0.152. The van der Waals surface area contributed by atoms with Gasteiger partial charge in [-0.2, -0.15) is 0 Å². The number of thiazole rings is 1. The van der Waals surface area contributed by atoms with Crippen LogP contribution in [0.2, 0.25) is 0 Å². The van der Waals surface area contributed by atoms with E-state index in [2.05, 4.69) is 5.32 Å². The van der Waals surface area contributed by atoms with E-state index < -0.39 is 0 Å². The molecule has 2 rings (SSSR count). The van der Waals surface area contributed by atoms with E-state index in [0.29, 0.717) is 13.0 Å². The maximum Gasteiger partial charge on any atom is 0.307 e. The molecule has 1 saturated heterocycles. The second kappa shape index (κ2) is 7.81. The Hall–Kier alpha value is -0.850. The normalized spacial score (nSPS) is 15.6. The number of aryl methyl sites for hydroxylation is 1. The van der Waals surface area contributed by atoms with Crippen molar-refractivity contribution in [3.8, 4) is 0 Å². The summed E-state index contributed by atoms with van der Waals surface area (Å²) in [6.45, 7) is 7.82. The van der Waals surface area contributed by atoms with E-state index >= 15 is 0 Å². The molecule has 114 valence electrons. The lowest BCUT2D eigenvalue weighted by molar-refractivity contribution is -0.131. The molecule has 1 N–H and O–H groups in total. The third kappa shape index (κ3) is 4.07. The van der Waals surface area contributed by atoms with Gasteiger partial charge < -0.3 is 14.8 Å². The molecular formula is C13H22ClN3O2S. The molecule has 0 atom stereocenters. The number of carbonyl (C=O) groups excluding carboxylic acids is 1. The highest BCUT2D eigenvalue weighted by atomic mass is 35.5. The lowest BCUT2D eigenvalue weighted by Gasteiger charge is -2.20. The number of nitrogens with one attached hydrogen (secondary N) is 1. The number of rotatable bonds is 3. The van der Waals surface area contributed by atoms with E-state index in [-0.39, 0.29) is 23.2 Å². The van der Waals surface area contributed by atoms with Crippen LogP contribution >= 0.6 is 23.7 Å². The minimum Gasteiger partial charge on any atom is -0.341 e. The van der Waals surface area contributed by atoms with Crippen molar-refractivity contribution in [2.45, 2.75) is 33.2 Å². The van der Waals surface area contributed by atoms with Crippen LogP contribution in [0, 0.1) is 13.8 Å². The Balaban J connectivity index is 0.00000200. The van der Waals surface area contributed by atoms with Crippen LogP contribution in [0.3, 0.4) is 0 Å². The molecule has 1 amide bonds. The predicted octanol–water partition coefficient (Wildman–Crippen LogP) is 1.16. The van der Waals surface area contributed by atoms with Gasteiger partial charge >= 0.3 is 4.87 Å². The van der Waals surface area contributed by atoms with E-state index in [9.17, 15) is 9.59 Å². The first-order valence-electron chi connectivity index (χ1n) is 6.75. The predicted molar refractivity (Wildman–Crippen MR) is 84.0 cm³/mol. The minimum atomic E-state index is 0. The molecule has 1 fully saturated rings. The summed E-state index contributed by atoms with van der Waals surface area (Å²) in [4.78, 5) is 26.9. The molecule has 0 saturated carbocycles. The first-order chi connectivity index (χ1) is 9.09. The maximum atomic E-state index is 12.1. The Labute approximate surface area is 129 Å². The third-order valence-corrected chi connectivity index (χ3v) is 4.61. The number of hydrogen-bond donors (Lipinski definition) is 1. The average Bonchev–Trinajstić information content (AvgIpc) is 2.62. The molecule has 1 aromatic rings. The van der Waals surface area contributed by atoms with Crippen LogP contribution in [-0.2, 0) is 11.3 Å². The van der Waals surface area contributed by atoms with Crippen molar-refractivity contribution >= 4 is 29.7 Å². The summed E-state index contributed by atoms with van der Waals surface area (Å²) < 4.78 is 1.72. The topological polar surface area (TPSA) is 54.3 Å². The fraction of sp³-hybridized carbons (Fsp3) is 0.692. The first kappa shape index (κ1) is 17.2. The van der Waals surface area contributed by atoms with Crippen molar-refractivity contribution in [3.63, 3.8) is 0 Å². The minimum absolute atomic E-state index is 0. The van der Waals surface area contributed by atoms with Crippen LogP contribution in [-0.4, -0.2) is 41.6 Å². The highest BCUT2D eigenvalue weighted by Crippen LogP contribution is 2.10. The van der Waals surface area contributed by atoms with E-state index in [1.807, 2.05) is 18.7 Å². The molecule has 1 aromatic heterocycles. The number of halogens is 1. The lowest BCUT2D eigenvalue weighted by atomic mass is 10.3. The van der Waals surface area contributed by atoms with Crippen molar-refractivity contribution in [1.29, 1.82) is 0 Å². The van der Waals surface area contributed by atoms with Gasteiger partial charge in [0.1, 0.15) is 0 Å². The van der Waals surface area contributed by atoms with Crippen LogP contribution in [0.5, 0.6) is 0 Å². The van der Waals surface area contributed by atoms with Crippen molar-refractivity contribution in [3.05, 3.63) is 20.2 Å². The summed E-state index contributed by atoms with van der Waals surface area (Å²) in [6, 6.07) is 0. The van der Waals surface area contributed by atoms with Gasteiger partial charge in [-0.25, -0.2) is 0 Å².